The Bertz CT molecular complexity index is 754. The van der Waals surface area contributed by atoms with E-state index in [1.54, 1.807) is 0 Å². The van der Waals surface area contributed by atoms with Crippen LogP contribution >= 0.6 is 23.4 Å². The van der Waals surface area contributed by atoms with Gasteiger partial charge in [-0.05, 0) is 30.9 Å². The van der Waals surface area contributed by atoms with Gasteiger partial charge < -0.3 is 4.57 Å². The molecule has 0 spiro atoms. The molecule has 0 amide bonds. The number of nitrogens with zero attached hydrogens (tertiary/aromatic N) is 3. The molecular formula is C16H18ClN3S. The first-order valence-corrected chi connectivity index (χ1v) is 9.05. The van der Waals surface area contributed by atoms with Crippen LogP contribution in [0.25, 0.3) is 21.9 Å². The van der Waals surface area contributed by atoms with E-state index in [1.807, 2.05) is 30.1 Å². The fourth-order valence-electron chi connectivity index (χ4n) is 2.67. The molecular weight excluding hydrogens is 302 g/mol. The van der Waals surface area contributed by atoms with Crippen LogP contribution in [-0.4, -0.2) is 26.5 Å². The van der Waals surface area contributed by atoms with E-state index in [1.165, 1.54) is 17.7 Å². The van der Waals surface area contributed by atoms with Crippen LogP contribution in [-0.2, 0) is 12.4 Å². The lowest BCUT2D eigenvalue weighted by atomic mass is 10.2. The summed E-state index contributed by atoms with van der Waals surface area (Å²) >= 11 is 7.98. The van der Waals surface area contributed by atoms with Crippen molar-refractivity contribution in [2.45, 2.75) is 25.3 Å². The highest BCUT2D eigenvalue weighted by Gasteiger charge is 2.13. The quantitative estimate of drug-likeness (QED) is 0.496. The van der Waals surface area contributed by atoms with Gasteiger partial charge in [0.25, 0.3) is 0 Å². The molecule has 0 radical (unpaired) electrons. The number of hydrogen-bond donors (Lipinski definition) is 0. The van der Waals surface area contributed by atoms with Crippen LogP contribution in [0.1, 0.15) is 18.7 Å². The van der Waals surface area contributed by atoms with Crippen molar-refractivity contribution in [1.29, 1.82) is 0 Å². The molecule has 0 unspecified atom stereocenters. The number of thioether (sulfide) groups is 1. The van der Waals surface area contributed by atoms with E-state index < -0.39 is 0 Å². The van der Waals surface area contributed by atoms with Gasteiger partial charge in [0.15, 0.2) is 0 Å². The predicted molar refractivity (Wildman–Crippen MR) is 92.2 cm³/mol. The van der Waals surface area contributed by atoms with Crippen LogP contribution in [0.15, 0.2) is 30.5 Å². The summed E-state index contributed by atoms with van der Waals surface area (Å²) in [5.41, 5.74) is 3.12. The van der Waals surface area contributed by atoms with Crippen LogP contribution in [0.2, 0.25) is 0 Å². The fourth-order valence-corrected chi connectivity index (χ4v) is 3.37. The molecule has 0 N–H and O–H groups in total. The molecule has 3 rings (SSSR count). The van der Waals surface area contributed by atoms with Crippen molar-refractivity contribution in [1.82, 2.24) is 14.5 Å². The summed E-state index contributed by atoms with van der Waals surface area (Å²) in [6.07, 6.45) is 6.36. The molecule has 21 heavy (non-hydrogen) atoms. The van der Waals surface area contributed by atoms with Crippen LogP contribution in [0, 0.1) is 0 Å². The largest absolute Gasteiger partial charge is 0.326 e. The van der Waals surface area contributed by atoms with Gasteiger partial charge in [-0.1, -0.05) is 18.2 Å². The topological polar surface area (TPSA) is 30.7 Å². The van der Waals surface area contributed by atoms with Gasteiger partial charge in [0.05, 0.1) is 23.1 Å². The molecule has 3 aromatic rings. The second kappa shape index (κ2) is 6.67. The lowest BCUT2D eigenvalue weighted by Crippen LogP contribution is -2.03. The van der Waals surface area contributed by atoms with Gasteiger partial charge in [-0.25, -0.2) is 4.98 Å². The number of pyridine rings is 1. The number of aryl methyl sites for hydroxylation is 1. The molecule has 0 saturated carbocycles. The number of hydrogen-bond acceptors (Lipinski definition) is 3. The highest BCUT2D eigenvalue weighted by atomic mass is 35.5. The molecule has 2 heterocycles. The number of benzene rings is 1. The van der Waals surface area contributed by atoms with E-state index in [4.69, 9.17) is 11.6 Å². The highest BCUT2D eigenvalue weighted by Crippen LogP contribution is 2.25. The molecule has 0 aliphatic carbocycles. The first-order valence-electron chi connectivity index (χ1n) is 7.13. The first kappa shape index (κ1) is 14.7. The van der Waals surface area contributed by atoms with Crippen molar-refractivity contribution in [3.8, 4) is 0 Å². The maximum absolute atomic E-state index is 6.09. The van der Waals surface area contributed by atoms with Crippen LogP contribution in [0.4, 0.5) is 0 Å². The molecule has 2 aromatic heterocycles. The molecule has 0 bridgehead atoms. The van der Waals surface area contributed by atoms with E-state index in [-0.39, 0.29) is 0 Å². The molecule has 0 atom stereocenters. The van der Waals surface area contributed by atoms with Gasteiger partial charge in [0.2, 0.25) is 0 Å². The number of imidazole rings is 1. The second-order valence-electron chi connectivity index (χ2n) is 5.02. The van der Waals surface area contributed by atoms with Crippen LogP contribution < -0.4 is 0 Å². The van der Waals surface area contributed by atoms with E-state index in [0.29, 0.717) is 5.88 Å². The Balaban J connectivity index is 2.08. The minimum atomic E-state index is 0.436. The molecule has 0 fully saturated rings. The Kier molecular flexibility index (Phi) is 4.66. The number of alkyl halides is 1. The number of aromatic nitrogens is 3. The van der Waals surface area contributed by atoms with Gasteiger partial charge >= 0.3 is 0 Å². The third kappa shape index (κ3) is 2.87. The molecule has 1 aromatic carbocycles. The van der Waals surface area contributed by atoms with Gasteiger partial charge in [0.1, 0.15) is 11.3 Å². The average molecular weight is 320 g/mol. The standard InChI is InChI=1S/C16H18ClN3S/c1-21-9-5-4-8-20-15(10-17)19-14-11-18-13-7-3-2-6-12(13)16(14)20/h2-3,6-7,11H,4-5,8-10H2,1H3. The van der Waals surface area contributed by atoms with Crippen molar-refractivity contribution in [2.24, 2.45) is 0 Å². The lowest BCUT2D eigenvalue weighted by Gasteiger charge is -2.09. The number of para-hydroxylation sites is 1. The summed E-state index contributed by atoms with van der Waals surface area (Å²) in [5.74, 6) is 2.57. The first-order chi connectivity index (χ1) is 10.3. The van der Waals surface area contributed by atoms with Gasteiger partial charge in [-0.2, -0.15) is 11.8 Å². The zero-order valence-corrected chi connectivity index (χ0v) is 13.6. The molecule has 5 heteroatoms. The Labute approximate surface area is 133 Å². The molecule has 3 nitrogen and oxygen atoms in total. The maximum atomic E-state index is 6.09. The van der Waals surface area contributed by atoms with Crippen molar-refractivity contribution in [3.05, 3.63) is 36.3 Å². The Morgan fingerprint density at radius 3 is 2.86 bits per heavy atom. The molecule has 0 saturated heterocycles. The Hall–Kier alpha value is -1.26. The normalized spacial score (nSPS) is 11.5. The summed E-state index contributed by atoms with van der Waals surface area (Å²) in [4.78, 5) is 9.13. The third-order valence-electron chi connectivity index (χ3n) is 3.66. The van der Waals surface area contributed by atoms with E-state index >= 15 is 0 Å². The van der Waals surface area contributed by atoms with Crippen molar-refractivity contribution in [3.63, 3.8) is 0 Å². The summed E-state index contributed by atoms with van der Waals surface area (Å²) < 4.78 is 2.27. The second-order valence-corrected chi connectivity index (χ2v) is 6.28. The SMILES string of the molecule is CSCCCCn1c(CCl)nc2cnc3ccccc3c21. The molecule has 0 aliphatic heterocycles. The van der Waals surface area contributed by atoms with Crippen LogP contribution in [0.3, 0.4) is 0 Å². The number of unbranched alkanes of at least 4 members (excludes halogenated alkanes) is 1. The van der Waals surface area contributed by atoms with Crippen molar-refractivity contribution in [2.75, 3.05) is 12.0 Å². The smallest absolute Gasteiger partial charge is 0.124 e. The van der Waals surface area contributed by atoms with Gasteiger partial charge in [-0.3, -0.25) is 4.98 Å². The number of rotatable bonds is 6. The minimum Gasteiger partial charge on any atom is -0.326 e. The maximum Gasteiger partial charge on any atom is 0.124 e. The van der Waals surface area contributed by atoms with E-state index in [2.05, 4.69) is 32.9 Å². The van der Waals surface area contributed by atoms with E-state index in [9.17, 15) is 0 Å². The average Bonchev–Trinajstić information content (AvgIpc) is 2.90. The predicted octanol–water partition coefficient (Wildman–Crippen LogP) is 4.47. The lowest BCUT2D eigenvalue weighted by molar-refractivity contribution is 0.632. The third-order valence-corrected chi connectivity index (χ3v) is 4.59. The minimum absolute atomic E-state index is 0.436. The summed E-state index contributed by atoms with van der Waals surface area (Å²) in [6, 6.07) is 8.22. The number of halogens is 1. The Morgan fingerprint density at radius 1 is 1.19 bits per heavy atom. The fraction of sp³-hybridized carbons (Fsp3) is 0.375. The number of fused-ring (bicyclic) bond motifs is 3. The summed E-state index contributed by atoms with van der Waals surface area (Å²) in [7, 11) is 0. The van der Waals surface area contributed by atoms with Crippen LogP contribution in [0.5, 0.6) is 0 Å². The zero-order valence-electron chi connectivity index (χ0n) is 12.1. The van der Waals surface area contributed by atoms with Gasteiger partial charge in [0, 0.05) is 11.9 Å². The highest BCUT2D eigenvalue weighted by molar-refractivity contribution is 7.98. The molecule has 110 valence electrons. The van der Waals surface area contributed by atoms with Crippen molar-refractivity contribution >= 4 is 45.3 Å². The van der Waals surface area contributed by atoms with Crippen molar-refractivity contribution < 1.29 is 0 Å². The van der Waals surface area contributed by atoms with Gasteiger partial charge in [-0.15, -0.1) is 11.6 Å². The van der Waals surface area contributed by atoms with E-state index in [0.717, 1.165) is 35.2 Å². The monoisotopic (exact) mass is 319 g/mol. The zero-order chi connectivity index (χ0) is 14.7. The molecule has 0 aliphatic rings. The summed E-state index contributed by atoms with van der Waals surface area (Å²) in [6.45, 7) is 0.965. The Morgan fingerprint density at radius 2 is 2.05 bits per heavy atom. The summed E-state index contributed by atoms with van der Waals surface area (Å²) in [5, 5.41) is 1.16.